The molecule has 1 aliphatic heterocycles. The molecule has 0 saturated heterocycles. The van der Waals surface area contributed by atoms with Gasteiger partial charge in [0.15, 0.2) is 0 Å². The number of hydrogen-bond donors (Lipinski definition) is 0. The van der Waals surface area contributed by atoms with Crippen molar-refractivity contribution in [2.45, 2.75) is 44.6 Å². The summed E-state index contributed by atoms with van der Waals surface area (Å²) in [4.78, 5) is 14.9. The number of carbonyl (C=O) groups is 1. The average Bonchev–Trinajstić information content (AvgIpc) is 2.68. The van der Waals surface area contributed by atoms with E-state index in [0.29, 0.717) is 18.5 Å². The fourth-order valence-corrected chi connectivity index (χ4v) is 6.04. The van der Waals surface area contributed by atoms with E-state index < -0.39 is 15.9 Å². The molecule has 162 valence electrons. The third-order valence-corrected chi connectivity index (χ3v) is 8.19. The number of hydrogen-bond acceptors (Lipinski definition) is 3. The molecule has 0 saturated carbocycles. The van der Waals surface area contributed by atoms with Crippen molar-refractivity contribution in [3.05, 3.63) is 57.3 Å². The van der Waals surface area contributed by atoms with Gasteiger partial charge in [-0.05, 0) is 55.7 Å². The second-order valence-electron chi connectivity index (χ2n) is 7.19. The van der Waals surface area contributed by atoms with Crippen molar-refractivity contribution >= 4 is 44.8 Å². The minimum absolute atomic E-state index is 0.0378. The van der Waals surface area contributed by atoms with Crippen molar-refractivity contribution in [1.82, 2.24) is 4.31 Å². The van der Waals surface area contributed by atoms with Crippen LogP contribution in [0.15, 0.2) is 35.2 Å². The maximum absolute atomic E-state index is 13.7. The lowest BCUT2D eigenvalue weighted by Crippen LogP contribution is -2.42. The Morgan fingerprint density at radius 2 is 1.83 bits per heavy atom. The molecule has 0 aliphatic carbocycles. The maximum atomic E-state index is 13.7. The SMILES string of the molecule is CCN(CC)S(=O)(=O)c1cc(C(=O)N2c3ccc(F)cc3CC[C@H]2C)c(Cl)cc1Cl. The van der Waals surface area contributed by atoms with E-state index in [1.54, 1.807) is 24.8 Å². The van der Waals surface area contributed by atoms with Crippen molar-refractivity contribution in [1.29, 1.82) is 0 Å². The topological polar surface area (TPSA) is 57.7 Å². The summed E-state index contributed by atoms with van der Waals surface area (Å²) >= 11 is 12.5. The molecule has 1 atom stereocenters. The zero-order chi connectivity index (χ0) is 22.2. The van der Waals surface area contributed by atoms with Crippen LogP contribution in [0.2, 0.25) is 10.0 Å². The molecule has 1 aliphatic rings. The number of aryl methyl sites for hydroxylation is 1. The first-order valence-corrected chi connectivity index (χ1v) is 11.9. The van der Waals surface area contributed by atoms with Crippen molar-refractivity contribution in [3.8, 4) is 0 Å². The highest BCUT2D eigenvalue weighted by Gasteiger charge is 2.33. The van der Waals surface area contributed by atoms with Crippen LogP contribution in [0.5, 0.6) is 0 Å². The number of halogens is 3. The normalized spacial score (nSPS) is 16.6. The van der Waals surface area contributed by atoms with Crippen LogP contribution in [0.1, 0.15) is 43.1 Å². The molecule has 30 heavy (non-hydrogen) atoms. The molecule has 2 aromatic rings. The van der Waals surface area contributed by atoms with Gasteiger partial charge in [-0.2, -0.15) is 4.31 Å². The van der Waals surface area contributed by atoms with Crippen LogP contribution in [0.3, 0.4) is 0 Å². The Morgan fingerprint density at radius 1 is 1.17 bits per heavy atom. The van der Waals surface area contributed by atoms with Gasteiger partial charge in [0.2, 0.25) is 10.0 Å². The highest BCUT2D eigenvalue weighted by Crippen LogP contribution is 2.36. The maximum Gasteiger partial charge on any atom is 0.260 e. The van der Waals surface area contributed by atoms with Gasteiger partial charge in [0.25, 0.3) is 5.91 Å². The Hall–Kier alpha value is -1.67. The van der Waals surface area contributed by atoms with Crippen molar-refractivity contribution in [2.75, 3.05) is 18.0 Å². The predicted molar refractivity (Wildman–Crippen MR) is 118 cm³/mol. The van der Waals surface area contributed by atoms with Gasteiger partial charge in [0.05, 0.1) is 15.6 Å². The van der Waals surface area contributed by atoms with Crippen LogP contribution in [0.25, 0.3) is 0 Å². The van der Waals surface area contributed by atoms with Gasteiger partial charge in [0, 0.05) is 24.8 Å². The second kappa shape index (κ2) is 8.83. The Balaban J connectivity index is 2.12. The van der Waals surface area contributed by atoms with E-state index in [1.165, 1.54) is 28.6 Å². The molecule has 1 heterocycles. The zero-order valence-electron chi connectivity index (χ0n) is 17.0. The van der Waals surface area contributed by atoms with Crippen LogP contribution < -0.4 is 4.90 Å². The Bertz CT molecular complexity index is 1090. The van der Waals surface area contributed by atoms with Gasteiger partial charge in [-0.15, -0.1) is 0 Å². The molecule has 0 radical (unpaired) electrons. The summed E-state index contributed by atoms with van der Waals surface area (Å²) in [5.74, 6) is -0.819. The lowest BCUT2D eigenvalue weighted by molar-refractivity contribution is 0.0975. The molecule has 0 fully saturated rings. The first-order chi connectivity index (χ1) is 14.1. The molecule has 0 bridgehead atoms. The molecule has 9 heteroatoms. The van der Waals surface area contributed by atoms with Gasteiger partial charge in [-0.1, -0.05) is 37.0 Å². The molecule has 0 unspecified atom stereocenters. The number of sulfonamides is 1. The van der Waals surface area contributed by atoms with Crippen molar-refractivity contribution in [3.63, 3.8) is 0 Å². The number of rotatable bonds is 5. The lowest BCUT2D eigenvalue weighted by Gasteiger charge is -2.35. The number of benzene rings is 2. The number of carbonyl (C=O) groups excluding carboxylic acids is 1. The van der Waals surface area contributed by atoms with Crippen LogP contribution in [0, 0.1) is 5.82 Å². The van der Waals surface area contributed by atoms with E-state index in [0.717, 1.165) is 5.56 Å². The number of fused-ring (bicyclic) bond motifs is 1. The van der Waals surface area contributed by atoms with Crippen LogP contribution in [-0.4, -0.2) is 37.8 Å². The number of anilines is 1. The van der Waals surface area contributed by atoms with E-state index in [4.69, 9.17) is 23.2 Å². The molecule has 1 amide bonds. The molecule has 5 nitrogen and oxygen atoms in total. The Morgan fingerprint density at radius 3 is 2.47 bits per heavy atom. The first kappa shape index (κ1) is 23.0. The largest absolute Gasteiger partial charge is 0.305 e. The average molecular weight is 473 g/mol. The minimum Gasteiger partial charge on any atom is -0.305 e. The van der Waals surface area contributed by atoms with Gasteiger partial charge >= 0.3 is 0 Å². The summed E-state index contributed by atoms with van der Waals surface area (Å²) in [6.07, 6.45) is 1.30. The summed E-state index contributed by atoms with van der Waals surface area (Å²) in [6.45, 7) is 5.87. The highest BCUT2D eigenvalue weighted by atomic mass is 35.5. The van der Waals surface area contributed by atoms with Crippen LogP contribution in [0.4, 0.5) is 10.1 Å². The number of amides is 1. The van der Waals surface area contributed by atoms with Gasteiger partial charge in [-0.25, -0.2) is 12.8 Å². The minimum atomic E-state index is -3.89. The van der Waals surface area contributed by atoms with Crippen molar-refractivity contribution < 1.29 is 17.6 Å². The molecule has 0 N–H and O–H groups in total. The molecular formula is C21H23Cl2FN2O3S. The summed E-state index contributed by atoms with van der Waals surface area (Å²) in [5, 5.41) is 0.0162. The van der Waals surface area contributed by atoms with Gasteiger partial charge in [-0.3, -0.25) is 4.79 Å². The van der Waals surface area contributed by atoms with E-state index in [9.17, 15) is 17.6 Å². The zero-order valence-corrected chi connectivity index (χ0v) is 19.3. The monoisotopic (exact) mass is 472 g/mol. The van der Waals surface area contributed by atoms with E-state index in [2.05, 4.69) is 0 Å². The van der Waals surface area contributed by atoms with E-state index >= 15 is 0 Å². The molecular weight excluding hydrogens is 450 g/mol. The molecule has 0 spiro atoms. The van der Waals surface area contributed by atoms with E-state index in [-0.39, 0.29) is 45.5 Å². The van der Waals surface area contributed by atoms with Crippen LogP contribution >= 0.6 is 23.2 Å². The summed E-state index contributed by atoms with van der Waals surface area (Å²) in [7, 11) is -3.89. The fourth-order valence-electron chi connectivity index (χ4n) is 3.75. The summed E-state index contributed by atoms with van der Waals surface area (Å²) < 4.78 is 40.9. The Labute approximate surface area is 186 Å². The molecule has 3 rings (SSSR count). The van der Waals surface area contributed by atoms with Gasteiger partial charge < -0.3 is 4.90 Å². The highest BCUT2D eigenvalue weighted by molar-refractivity contribution is 7.89. The van der Waals surface area contributed by atoms with Crippen molar-refractivity contribution in [2.24, 2.45) is 0 Å². The first-order valence-electron chi connectivity index (χ1n) is 9.73. The number of nitrogens with zero attached hydrogens (tertiary/aromatic N) is 2. The summed E-state index contributed by atoms with van der Waals surface area (Å²) in [6, 6.07) is 6.65. The van der Waals surface area contributed by atoms with Crippen LogP contribution in [-0.2, 0) is 16.4 Å². The second-order valence-corrected chi connectivity index (χ2v) is 9.91. The molecule has 0 aromatic heterocycles. The van der Waals surface area contributed by atoms with E-state index in [1.807, 2.05) is 6.92 Å². The lowest BCUT2D eigenvalue weighted by atomic mass is 9.95. The Kier molecular flexibility index (Phi) is 6.77. The fraction of sp³-hybridized carbons (Fsp3) is 0.381. The standard InChI is InChI=1S/C21H23Cl2FN2O3S/c1-4-25(5-2)30(28,29)20-11-16(17(22)12-18(20)23)21(27)26-13(3)6-7-14-10-15(24)8-9-19(14)26/h8-13H,4-7H2,1-3H3/t13-/m1/s1. The predicted octanol–water partition coefficient (Wildman–Crippen LogP) is 5.14. The third kappa shape index (κ3) is 4.08. The van der Waals surface area contributed by atoms with Gasteiger partial charge in [0.1, 0.15) is 10.7 Å². The smallest absolute Gasteiger partial charge is 0.260 e. The third-order valence-electron chi connectivity index (χ3n) is 5.37. The quantitative estimate of drug-likeness (QED) is 0.604. The summed E-state index contributed by atoms with van der Waals surface area (Å²) in [5.41, 5.74) is 1.36. The molecule has 2 aromatic carbocycles.